The van der Waals surface area contributed by atoms with Gasteiger partial charge in [-0.3, -0.25) is 0 Å². The zero-order chi connectivity index (χ0) is 18.6. The maximum Gasteiger partial charge on any atom is 0.322 e. The van der Waals surface area contributed by atoms with Crippen LogP contribution in [-0.2, 0) is 0 Å². The summed E-state index contributed by atoms with van der Waals surface area (Å²) in [5.41, 5.74) is 2.93. The Bertz CT molecular complexity index is 921. The van der Waals surface area contributed by atoms with E-state index in [0.717, 1.165) is 42.1 Å². The highest BCUT2D eigenvalue weighted by atomic mass is 16.5. The average molecular weight is 361 g/mol. The number of likely N-dealkylation sites (tertiary alicyclic amines) is 1. The summed E-state index contributed by atoms with van der Waals surface area (Å²) in [5.74, 6) is 0.819. The first kappa shape index (κ1) is 17.2. The lowest BCUT2D eigenvalue weighted by molar-refractivity contribution is 0.207. The summed E-state index contributed by atoms with van der Waals surface area (Å²) >= 11 is 0. The Balaban J connectivity index is 1.51. The molecule has 2 aromatic carbocycles. The van der Waals surface area contributed by atoms with Crippen molar-refractivity contribution in [1.82, 2.24) is 9.47 Å². The maximum atomic E-state index is 12.9. The number of amides is 2. The first-order chi connectivity index (χ1) is 13.2. The highest BCUT2D eigenvalue weighted by Gasteiger charge is 2.30. The Hall–Kier alpha value is -3.21. The zero-order valence-electron chi connectivity index (χ0n) is 15.3. The summed E-state index contributed by atoms with van der Waals surface area (Å²) in [6.07, 6.45) is 5.93. The predicted octanol–water partition coefficient (Wildman–Crippen LogP) is 4.85. The molecule has 3 aromatic rings. The molecule has 27 heavy (non-hydrogen) atoms. The molecule has 1 saturated heterocycles. The van der Waals surface area contributed by atoms with E-state index in [2.05, 4.69) is 11.4 Å². The van der Waals surface area contributed by atoms with Crippen LogP contribution in [0.4, 0.5) is 10.5 Å². The number of hydrogen-bond donors (Lipinski definition) is 1. The Kier molecular flexibility index (Phi) is 4.83. The molecule has 138 valence electrons. The van der Waals surface area contributed by atoms with Crippen LogP contribution in [0.2, 0.25) is 0 Å². The summed E-state index contributed by atoms with van der Waals surface area (Å²) in [6, 6.07) is 19.8. The number of benzene rings is 2. The second-order valence-corrected chi connectivity index (χ2v) is 6.70. The fraction of sp³-hybridized carbons (Fsp3) is 0.227. The number of ether oxygens (including phenoxy) is 1. The molecule has 2 amide bonds. The van der Waals surface area contributed by atoms with Crippen LogP contribution in [0, 0.1) is 0 Å². The number of nitrogens with one attached hydrogen (secondary N) is 1. The van der Waals surface area contributed by atoms with Crippen molar-refractivity contribution in [2.45, 2.75) is 18.9 Å². The number of nitrogens with zero attached hydrogens (tertiary/aromatic N) is 2. The van der Waals surface area contributed by atoms with E-state index in [-0.39, 0.29) is 12.1 Å². The van der Waals surface area contributed by atoms with E-state index in [0.29, 0.717) is 0 Å². The van der Waals surface area contributed by atoms with Crippen LogP contribution < -0.4 is 10.1 Å². The van der Waals surface area contributed by atoms with Gasteiger partial charge in [-0.1, -0.05) is 18.2 Å². The molecule has 5 heteroatoms. The minimum Gasteiger partial charge on any atom is -0.497 e. The molecule has 1 N–H and O–H groups in total. The quantitative estimate of drug-likeness (QED) is 0.722. The van der Waals surface area contributed by atoms with Crippen LogP contribution in [0.5, 0.6) is 5.75 Å². The zero-order valence-corrected chi connectivity index (χ0v) is 15.3. The normalized spacial score (nSPS) is 16.3. The molecule has 2 heterocycles. The topological polar surface area (TPSA) is 46.5 Å². The van der Waals surface area contributed by atoms with Crippen LogP contribution in [0.3, 0.4) is 0 Å². The number of anilines is 1. The van der Waals surface area contributed by atoms with Crippen LogP contribution in [0.1, 0.15) is 24.4 Å². The molecule has 1 fully saturated rings. The molecule has 1 unspecified atom stereocenters. The van der Waals surface area contributed by atoms with Gasteiger partial charge in [-0.25, -0.2) is 4.79 Å². The second kappa shape index (κ2) is 7.58. The van der Waals surface area contributed by atoms with Gasteiger partial charge in [0.1, 0.15) is 5.75 Å². The smallest absolute Gasteiger partial charge is 0.322 e. The molecule has 4 rings (SSSR count). The number of carbonyl (C=O) groups is 1. The lowest BCUT2D eigenvalue weighted by Crippen LogP contribution is -2.34. The van der Waals surface area contributed by atoms with Gasteiger partial charge >= 0.3 is 6.03 Å². The highest BCUT2D eigenvalue weighted by Crippen LogP contribution is 2.34. The van der Waals surface area contributed by atoms with Crippen molar-refractivity contribution in [1.29, 1.82) is 0 Å². The Morgan fingerprint density at radius 1 is 1.07 bits per heavy atom. The Labute approximate surface area is 159 Å². The van der Waals surface area contributed by atoms with Crippen molar-refractivity contribution in [2.24, 2.45) is 0 Å². The van der Waals surface area contributed by atoms with Gasteiger partial charge in [0.25, 0.3) is 0 Å². The molecule has 1 aliphatic heterocycles. The van der Waals surface area contributed by atoms with E-state index >= 15 is 0 Å². The van der Waals surface area contributed by atoms with Crippen LogP contribution in [-0.4, -0.2) is 29.2 Å². The minimum atomic E-state index is -0.0648. The second-order valence-electron chi connectivity index (χ2n) is 6.70. The van der Waals surface area contributed by atoms with Gasteiger partial charge < -0.3 is 19.5 Å². The third-order valence-electron chi connectivity index (χ3n) is 4.99. The monoisotopic (exact) mass is 361 g/mol. The minimum absolute atomic E-state index is 0.0648. The summed E-state index contributed by atoms with van der Waals surface area (Å²) in [4.78, 5) is 14.8. The van der Waals surface area contributed by atoms with E-state index in [4.69, 9.17) is 4.74 Å². The van der Waals surface area contributed by atoms with E-state index in [1.165, 1.54) is 0 Å². The molecule has 0 bridgehead atoms. The standard InChI is InChI=1S/C22H23N3O2/c1-27-20-10-4-7-17(15-20)21-11-6-14-25(21)22(26)23-18-8-5-9-19(16-18)24-12-2-3-13-24/h2-5,7-10,12-13,15-16,21H,6,11,14H2,1H3,(H,23,26). The number of aromatic nitrogens is 1. The SMILES string of the molecule is COc1cccc(C2CCCN2C(=O)Nc2cccc(-n3cccc3)c2)c1. The van der Waals surface area contributed by atoms with Crippen LogP contribution in [0.15, 0.2) is 73.1 Å². The molecular weight excluding hydrogens is 338 g/mol. The van der Waals surface area contributed by atoms with E-state index in [9.17, 15) is 4.79 Å². The predicted molar refractivity (Wildman–Crippen MR) is 106 cm³/mol. The van der Waals surface area contributed by atoms with Crippen molar-refractivity contribution < 1.29 is 9.53 Å². The summed E-state index contributed by atoms with van der Waals surface area (Å²) in [7, 11) is 1.66. The summed E-state index contributed by atoms with van der Waals surface area (Å²) in [6.45, 7) is 0.755. The third-order valence-corrected chi connectivity index (χ3v) is 4.99. The molecule has 0 spiro atoms. The largest absolute Gasteiger partial charge is 0.497 e. The van der Waals surface area contributed by atoms with E-state index < -0.39 is 0 Å². The average Bonchev–Trinajstić information content (AvgIpc) is 3.40. The third kappa shape index (κ3) is 3.67. The van der Waals surface area contributed by atoms with Crippen molar-refractivity contribution >= 4 is 11.7 Å². The fourth-order valence-electron chi connectivity index (χ4n) is 3.65. The molecule has 0 radical (unpaired) electrons. The lowest BCUT2D eigenvalue weighted by atomic mass is 10.0. The molecule has 1 aliphatic rings. The number of hydrogen-bond acceptors (Lipinski definition) is 2. The number of methoxy groups -OCH3 is 1. The molecule has 0 saturated carbocycles. The van der Waals surface area contributed by atoms with E-state index in [1.807, 2.05) is 76.5 Å². The molecular formula is C22H23N3O2. The number of carbonyl (C=O) groups excluding carboxylic acids is 1. The fourth-order valence-corrected chi connectivity index (χ4v) is 3.65. The number of urea groups is 1. The van der Waals surface area contributed by atoms with Gasteiger partial charge in [-0.15, -0.1) is 0 Å². The first-order valence-corrected chi connectivity index (χ1v) is 9.19. The summed E-state index contributed by atoms with van der Waals surface area (Å²) in [5, 5.41) is 3.06. The molecule has 1 atom stereocenters. The van der Waals surface area contributed by atoms with Gasteiger partial charge in [-0.05, 0) is 60.9 Å². The molecule has 5 nitrogen and oxygen atoms in total. The Morgan fingerprint density at radius 2 is 1.89 bits per heavy atom. The highest BCUT2D eigenvalue weighted by molar-refractivity contribution is 5.90. The maximum absolute atomic E-state index is 12.9. The van der Waals surface area contributed by atoms with Gasteiger partial charge in [-0.2, -0.15) is 0 Å². The van der Waals surface area contributed by atoms with Crippen molar-refractivity contribution in [3.8, 4) is 11.4 Å². The van der Waals surface area contributed by atoms with Crippen LogP contribution >= 0.6 is 0 Å². The van der Waals surface area contributed by atoms with Gasteiger partial charge in [0.15, 0.2) is 0 Å². The van der Waals surface area contributed by atoms with Crippen molar-refractivity contribution in [2.75, 3.05) is 19.0 Å². The Morgan fingerprint density at radius 3 is 2.70 bits per heavy atom. The van der Waals surface area contributed by atoms with Gasteiger partial charge in [0.05, 0.1) is 13.2 Å². The van der Waals surface area contributed by atoms with Crippen LogP contribution in [0.25, 0.3) is 5.69 Å². The van der Waals surface area contributed by atoms with E-state index in [1.54, 1.807) is 7.11 Å². The van der Waals surface area contributed by atoms with Crippen molar-refractivity contribution in [3.05, 3.63) is 78.6 Å². The van der Waals surface area contributed by atoms with Gasteiger partial charge in [0, 0.05) is 30.3 Å². The number of rotatable bonds is 4. The van der Waals surface area contributed by atoms with Crippen molar-refractivity contribution in [3.63, 3.8) is 0 Å². The molecule has 0 aliphatic carbocycles. The lowest BCUT2D eigenvalue weighted by Gasteiger charge is -2.25. The first-order valence-electron chi connectivity index (χ1n) is 9.19. The summed E-state index contributed by atoms with van der Waals surface area (Å²) < 4.78 is 7.35. The van der Waals surface area contributed by atoms with Gasteiger partial charge in [0.2, 0.25) is 0 Å². The molecule has 1 aromatic heterocycles.